The Bertz CT molecular complexity index is 1280. The Morgan fingerprint density at radius 3 is 2.09 bits per heavy atom. The Balaban J connectivity index is 2.25. The van der Waals surface area contributed by atoms with Gasteiger partial charge in [-0.25, -0.2) is 13.5 Å². The molecule has 0 spiro atoms. The van der Waals surface area contributed by atoms with E-state index in [2.05, 4.69) is 15.5 Å². The molecule has 0 aliphatic heterocycles. The number of benzene rings is 2. The highest BCUT2D eigenvalue weighted by molar-refractivity contribution is 6.01. The van der Waals surface area contributed by atoms with Crippen molar-refractivity contribution >= 4 is 22.9 Å². The van der Waals surface area contributed by atoms with Gasteiger partial charge in [-0.2, -0.15) is 0 Å². The zero-order valence-electron chi connectivity index (χ0n) is 19.4. The quantitative estimate of drug-likeness (QED) is 0.354. The molecule has 1 aromatic heterocycles. The summed E-state index contributed by atoms with van der Waals surface area (Å²) in [6.07, 6.45) is 0.0977. The molecule has 2 N–H and O–H groups in total. The number of aliphatic hydroxyl groups excluding tert-OH is 1. The molecule has 0 radical (unpaired) electrons. The zero-order chi connectivity index (χ0) is 25.7. The molecular formula is C25H24F2N4O4. The Labute approximate surface area is 200 Å². The van der Waals surface area contributed by atoms with Crippen LogP contribution in [0.25, 0.3) is 11.1 Å². The summed E-state index contributed by atoms with van der Waals surface area (Å²) in [7, 11) is 1.55. The SMILES string of the molecule is Cc1ccc(C(=C(/C=C/C(O)CC(=O)CC(=O)O)c2nnnn2C)c2ccc(C)cc2F)c(F)c1. The molecule has 0 saturated heterocycles. The van der Waals surface area contributed by atoms with Gasteiger partial charge in [0.15, 0.2) is 5.82 Å². The highest BCUT2D eigenvalue weighted by Crippen LogP contribution is 2.35. The van der Waals surface area contributed by atoms with E-state index in [0.29, 0.717) is 11.1 Å². The molecule has 1 heterocycles. The average molecular weight is 482 g/mol. The second-order valence-electron chi connectivity index (χ2n) is 8.12. The van der Waals surface area contributed by atoms with E-state index >= 15 is 8.78 Å². The fraction of sp³-hybridized carbons (Fsp3) is 0.240. The number of carboxylic acids is 1. The molecule has 3 rings (SSSR count). The number of tetrazole rings is 1. The Morgan fingerprint density at radius 2 is 1.63 bits per heavy atom. The minimum absolute atomic E-state index is 0.0810. The molecule has 0 fully saturated rings. The van der Waals surface area contributed by atoms with Gasteiger partial charge in [0.05, 0.1) is 6.10 Å². The Kier molecular flexibility index (Phi) is 7.98. The van der Waals surface area contributed by atoms with Crippen LogP contribution in [0.3, 0.4) is 0 Å². The van der Waals surface area contributed by atoms with Crippen molar-refractivity contribution in [2.45, 2.75) is 32.8 Å². The first-order chi connectivity index (χ1) is 16.6. The Hall–Kier alpha value is -4.05. The van der Waals surface area contributed by atoms with Crippen molar-refractivity contribution in [3.63, 3.8) is 0 Å². The van der Waals surface area contributed by atoms with Gasteiger partial charge in [-0.05, 0) is 47.5 Å². The lowest BCUT2D eigenvalue weighted by Gasteiger charge is -2.16. The van der Waals surface area contributed by atoms with Gasteiger partial charge in [-0.3, -0.25) is 9.59 Å². The largest absolute Gasteiger partial charge is 0.481 e. The number of aliphatic hydroxyl groups is 1. The number of carboxylic acid groups (broad SMARTS) is 1. The van der Waals surface area contributed by atoms with E-state index < -0.39 is 42.3 Å². The maximum Gasteiger partial charge on any atom is 0.310 e. The maximum atomic E-state index is 15.2. The number of allylic oxidation sites excluding steroid dienone is 2. The van der Waals surface area contributed by atoms with Gasteiger partial charge in [-0.15, -0.1) is 5.10 Å². The molecule has 182 valence electrons. The van der Waals surface area contributed by atoms with Gasteiger partial charge >= 0.3 is 5.97 Å². The summed E-state index contributed by atoms with van der Waals surface area (Å²) in [5.74, 6) is -3.02. The van der Waals surface area contributed by atoms with E-state index in [1.165, 1.54) is 41.1 Å². The lowest BCUT2D eigenvalue weighted by atomic mass is 9.90. The number of carbonyl (C=O) groups excluding carboxylic acids is 1. The van der Waals surface area contributed by atoms with Crippen LogP contribution in [0.2, 0.25) is 0 Å². The second kappa shape index (κ2) is 10.9. The van der Waals surface area contributed by atoms with Crippen LogP contribution < -0.4 is 0 Å². The lowest BCUT2D eigenvalue weighted by Crippen LogP contribution is -2.14. The third kappa shape index (κ3) is 6.30. The molecule has 3 aromatic rings. The Morgan fingerprint density at radius 1 is 1.06 bits per heavy atom. The van der Waals surface area contributed by atoms with Gasteiger partial charge in [0.25, 0.3) is 0 Å². The normalized spacial score (nSPS) is 12.1. The van der Waals surface area contributed by atoms with Crippen molar-refractivity contribution in [1.82, 2.24) is 20.2 Å². The third-order valence-electron chi connectivity index (χ3n) is 5.19. The minimum atomic E-state index is -1.34. The van der Waals surface area contributed by atoms with Crippen LogP contribution in [0.4, 0.5) is 8.78 Å². The van der Waals surface area contributed by atoms with Crippen LogP contribution in [-0.4, -0.2) is 48.3 Å². The van der Waals surface area contributed by atoms with E-state index in [9.17, 15) is 14.7 Å². The fourth-order valence-electron chi connectivity index (χ4n) is 3.56. The number of halogens is 2. The molecule has 2 aromatic carbocycles. The van der Waals surface area contributed by atoms with Crippen molar-refractivity contribution in [2.75, 3.05) is 0 Å². The number of carbonyl (C=O) groups is 2. The summed E-state index contributed by atoms with van der Waals surface area (Å²) in [4.78, 5) is 22.5. The molecule has 8 nitrogen and oxygen atoms in total. The molecular weight excluding hydrogens is 458 g/mol. The monoisotopic (exact) mass is 482 g/mol. The lowest BCUT2D eigenvalue weighted by molar-refractivity contribution is -0.140. The number of rotatable bonds is 9. The van der Waals surface area contributed by atoms with Crippen molar-refractivity contribution in [2.24, 2.45) is 7.05 Å². The molecule has 1 atom stereocenters. The summed E-state index contributed by atoms with van der Waals surface area (Å²) in [5.41, 5.74) is 1.82. The van der Waals surface area contributed by atoms with E-state index in [0.717, 1.165) is 0 Å². The van der Waals surface area contributed by atoms with Crippen molar-refractivity contribution in [3.8, 4) is 0 Å². The predicted molar refractivity (Wildman–Crippen MR) is 124 cm³/mol. The van der Waals surface area contributed by atoms with Crippen molar-refractivity contribution in [1.29, 1.82) is 0 Å². The third-order valence-corrected chi connectivity index (χ3v) is 5.19. The van der Waals surface area contributed by atoms with E-state index in [1.807, 2.05) is 0 Å². The maximum absolute atomic E-state index is 15.2. The average Bonchev–Trinajstić information content (AvgIpc) is 3.17. The van der Waals surface area contributed by atoms with Crippen LogP contribution in [-0.2, 0) is 16.6 Å². The van der Waals surface area contributed by atoms with Gasteiger partial charge in [0, 0.05) is 35.7 Å². The summed E-state index contributed by atoms with van der Waals surface area (Å²) < 4.78 is 31.7. The van der Waals surface area contributed by atoms with Gasteiger partial charge in [-0.1, -0.05) is 36.4 Å². The van der Waals surface area contributed by atoms with Crippen molar-refractivity contribution < 1.29 is 28.6 Å². The number of hydrogen-bond donors (Lipinski definition) is 2. The topological polar surface area (TPSA) is 118 Å². The number of nitrogens with zero attached hydrogens (tertiary/aromatic N) is 4. The molecule has 0 amide bonds. The van der Waals surface area contributed by atoms with Crippen LogP contribution >= 0.6 is 0 Å². The number of ketones is 1. The first-order valence-electron chi connectivity index (χ1n) is 10.7. The number of hydrogen-bond acceptors (Lipinski definition) is 6. The molecule has 0 bridgehead atoms. The van der Waals surface area contributed by atoms with Crippen LogP contribution in [0.1, 0.15) is 40.9 Å². The van der Waals surface area contributed by atoms with E-state index in [1.54, 1.807) is 33.0 Å². The minimum Gasteiger partial charge on any atom is -0.481 e. The fourth-order valence-corrected chi connectivity index (χ4v) is 3.56. The number of aromatic nitrogens is 4. The summed E-state index contributed by atoms with van der Waals surface area (Å²) in [6, 6.07) is 9.03. The van der Waals surface area contributed by atoms with Gasteiger partial charge < -0.3 is 10.2 Å². The summed E-state index contributed by atoms with van der Waals surface area (Å²) in [5, 5.41) is 30.5. The second-order valence-corrected chi connectivity index (χ2v) is 8.12. The van der Waals surface area contributed by atoms with Gasteiger partial charge in [0.1, 0.15) is 23.8 Å². The first-order valence-corrected chi connectivity index (χ1v) is 10.7. The predicted octanol–water partition coefficient (Wildman–Crippen LogP) is 3.42. The highest BCUT2D eigenvalue weighted by atomic mass is 19.1. The van der Waals surface area contributed by atoms with Gasteiger partial charge in [0.2, 0.25) is 0 Å². The molecule has 0 aliphatic carbocycles. The zero-order valence-corrected chi connectivity index (χ0v) is 19.4. The highest BCUT2D eigenvalue weighted by Gasteiger charge is 2.22. The smallest absolute Gasteiger partial charge is 0.310 e. The van der Waals surface area contributed by atoms with Crippen LogP contribution in [0.15, 0.2) is 48.6 Å². The molecule has 0 saturated carbocycles. The number of aliphatic carboxylic acids is 1. The standard InChI is InChI=1S/C25H24F2N4O4/c1-14-4-7-18(21(26)10-14)24(19-8-5-15(2)11-22(19)27)20(25-28-29-30-31(25)3)9-6-16(32)12-17(33)13-23(34)35/h4-11,16,32H,12-13H2,1-3H3,(H,34,35)/b9-6+. The van der Waals surface area contributed by atoms with E-state index in [4.69, 9.17) is 5.11 Å². The summed E-state index contributed by atoms with van der Waals surface area (Å²) >= 11 is 0. The van der Waals surface area contributed by atoms with Crippen LogP contribution in [0.5, 0.6) is 0 Å². The molecule has 10 heteroatoms. The van der Waals surface area contributed by atoms with Crippen LogP contribution in [0, 0.1) is 25.5 Å². The first kappa shape index (κ1) is 25.6. The number of aryl methyl sites for hydroxylation is 3. The molecule has 35 heavy (non-hydrogen) atoms. The molecule has 1 unspecified atom stereocenters. The van der Waals surface area contributed by atoms with Crippen molar-refractivity contribution in [3.05, 3.63) is 88.3 Å². The summed E-state index contributed by atoms with van der Waals surface area (Å²) in [6.45, 7) is 3.45. The molecule has 0 aliphatic rings. The number of Topliss-reactive ketones (excluding diaryl/α,β-unsaturated/α-hetero) is 1. The van der Waals surface area contributed by atoms with E-state index in [-0.39, 0.29) is 28.1 Å².